The van der Waals surface area contributed by atoms with Crippen molar-refractivity contribution in [3.63, 3.8) is 0 Å². The largest absolute Gasteiger partial charge is 0.379 e. The molecule has 0 spiro atoms. The molecule has 8 heteroatoms. The number of morpholine rings is 1. The number of halogens is 1. The Hall–Kier alpha value is -2.42. The molecule has 182 valence electrons. The van der Waals surface area contributed by atoms with Crippen LogP contribution in [0.25, 0.3) is 0 Å². The first-order valence-electron chi connectivity index (χ1n) is 12.0. The van der Waals surface area contributed by atoms with Gasteiger partial charge in [0.25, 0.3) is 11.8 Å². The fourth-order valence-corrected chi connectivity index (χ4v) is 4.80. The van der Waals surface area contributed by atoms with Gasteiger partial charge in [-0.05, 0) is 55.2 Å². The highest BCUT2D eigenvalue weighted by Crippen LogP contribution is 2.29. The highest BCUT2D eigenvalue weighted by atomic mass is 79.9. The lowest BCUT2D eigenvalue weighted by atomic mass is 9.97. The average molecular weight is 529 g/mol. The molecule has 2 amide bonds. The fraction of sp³-hybridized carbons (Fsp3) is 0.462. The molecule has 0 atom stereocenters. The molecule has 0 saturated carbocycles. The lowest BCUT2D eigenvalue weighted by molar-refractivity contribution is 0.0383. The monoisotopic (exact) mass is 528 g/mol. The van der Waals surface area contributed by atoms with Gasteiger partial charge in [0, 0.05) is 60.7 Å². The molecule has 2 aromatic rings. The number of anilines is 2. The number of rotatable bonds is 7. The van der Waals surface area contributed by atoms with Gasteiger partial charge in [0.2, 0.25) is 0 Å². The summed E-state index contributed by atoms with van der Waals surface area (Å²) in [7, 11) is 0. The van der Waals surface area contributed by atoms with E-state index < -0.39 is 0 Å². The van der Waals surface area contributed by atoms with E-state index in [1.807, 2.05) is 24.3 Å². The van der Waals surface area contributed by atoms with E-state index in [4.69, 9.17) is 4.74 Å². The third-order valence-electron chi connectivity index (χ3n) is 6.53. The Kier molecular flexibility index (Phi) is 8.59. The molecule has 2 N–H and O–H groups in total. The Balaban J connectivity index is 1.49. The summed E-state index contributed by atoms with van der Waals surface area (Å²) < 4.78 is 6.24. The van der Waals surface area contributed by atoms with E-state index in [1.165, 1.54) is 0 Å². The van der Waals surface area contributed by atoms with E-state index in [1.54, 1.807) is 18.2 Å². The van der Waals surface area contributed by atoms with Crippen LogP contribution < -0.4 is 15.5 Å². The number of hydrogen-bond donors (Lipinski definition) is 2. The van der Waals surface area contributed by atoms with Crippen molar-refractivity contribution in [3.05, 3.63) is 58.1 Å². The van der Waals surface area contributed by atoms with Crippen LogP contribution in [0.15, 0.2) is 46.9 Å². The van der Waals surface area contributed by atoms with Crippen molar-refractivity contribution in [2.75, 3.05) is 62.7 Å². The molecule has 0 aliphatic carbocycles. The summed E-state index contributed by atoms with van der Waals surface area (Å²) in [4.78, 5) is 30.6. The Morgan fingerprint density at radius 3 is 2.53 bits per heavy atom. The molecule has 34 heavy (non-hydrogen) atoms. The Labute approximate surface area is 210 Å². The van der Waals surface area contributed by atoms with E-state index in [0.717, 1.165) is 68.9 Å². The van der Waals surface area contributed by atoms with Crippen molar-refractivity contribution in [3.8, 4) is 0 Å². The first-order valence-corrected chi connectivity index (χ1v) is 12.8. The second-order valence-corrected chi connectivity index (χ2v) is 9.99. The van der Waals surface area contributed by atoms with Crippen molar-refractivity contribution in [2.45, 2.75) is 19.8 Å². The average Bonchev–Trinajstić information content (AvgIpc) is 2.85. The van der Waals surface area contributed by atoms with Crippen LogP contribution in [0.3, 0.4) is 0 Å². The molecule has 2 heterocycles. The minimum Gasteiger partial charge on any atom is -0.379 e. The summed E-state index contributed by atoms with van der Waals surface area (Å²) in [6.07, 6.45) is 2.22. The summed E-state index contributed by atoms with van der Waals surface area (Å²) >= 11 is 3.41. The summed E-state index contributed by atoms with van der Waals surface area (Å²) in [6, 6.07) is 12.9. The zero-order valence-electron chi connectivity index (χ0n) is 19.7. The lowest BCUT2D eigenvalue weighted by Crippen LogP contribution is -2.41. The molecule has 7 nitrogen and oxygen atoms in total. The summed E-state index contributed by atoms with van der Waals surface area (Å²) in [5, 5.41) is 6.03. The van der Waals surface area contributed by atoms with E-state index in [9.17, 15) is 9.59 Å². The number of hydrogen-bond acceptors (Lipinski definition) is 5. The molecular weight excluding hydrogens is 496 g/mol. The van der Waals surface area contributed by atoms with E-state index in [-0.39, 0.29) is 11.8 Å². The van der Waals surface area contributed by atoms with Gasteiger partial charge in [-0.25, -0.2) is 0 Å². The molecule has 2 saturated heterocycles. The maximum atomic E-state index is 13.3. The molecule has 0 radical (unpaired) electrons. The van der Waals surface area contributed by atoms with Crippen molar-refractivity contribution in [1.29, 1.82) is 0 Å². The van der Waals surface area contributed by atoms with Crippen LogP contribution in [-0.2, 0) is 4.74 Å². The predicted molar refractivity (Wildman–Crippen MR) is 139 cm³/mol. The van der Waals surface area contributed by atoms with Crippen LogP contribution in [0.4, 0.5) is 11.4 Å². The molecule has 2 fully saturated rings. The van der Waals surface area contributed by atoms with Gasteiger partial charge in [-0.3, -0.25) is 14.5 Å². The quantitative estimate of drug-likeness (QED) is 0.568. The number of carbonyl (C=O) groups excluding carboxylic acids is 2. The number of carbonyl (C=O) groups is 2. The predicted octanol–water partition coefficient (Wildman–Crippen LogP) is 4.00. The first kappa shape index (κ1) is 24.7. The van der Waals surface area contributed by atoms with Crippen LogP contribution in [0.2, 0.25) is 0 Å². The second kappa shape index (κ2) is 11.8. The van der Waals surface area contributed by atoms with Gasteiger partial charge in [-0.2, -0.15) is 0 Å². The zero-order valence-corrected chi connectivity index (χ0v) is 21.3. The molecule has 0 bridgehead atoms. The number of amides is 2. The Bertz CT molecular complexity index is 1000. The SMILES string of the molecule is CC1CCN(c2ccc(NC(=O)c3cccc(Br)c3)cc2C(=O)NCCN2CCOCC2)CC1. The standard InChI is InChI=1S/C26H33BrN4O3/c1-19-7-10-31(11-8-19)24-6-5-22(29-25(32)20-3-2-4-21(27)17-20)18-23(24)26(33)28-9-12-30-13-15-34-16-14-30/h2-6,17-19H,7-16H2,1H3,(H,28,33)(H,29,32). The number of ether oxygens (including phenoxy) is 1. The van der Waals surface area contributed by atoms with E-state index >= 15 is 0 Å². The van der Waals surface area contributed by atoms with Crippen LogP contribution in [0.5, 0.6) is 0 Å². The van der Waals surface area contributed by atoms with Crippen molar-refractivity contribution in [1.82, 2.24) is 10.2 Å². The molecule has 0 unspecified atom stereocenters. The second-order valence-electron chi connectivity index (χ2n) is 9.08. The van der Waals surface area contributed by atoms with Gasteiger partial charge in [0.15, 0.2) is 0 Å². The smallest absolute Gasteiger partial charge is 0.255 e. The summed E-state index contributed by atoms with van der Waals surface area (Å²) in [5.41, 5.74) is 2.69. The summed E-state index contributed by atoms with van der Waals surface area (Å²) in [5.74, 6) is 0.380. The highest BCUT2D eigenvalue weighted by molar-refractivity contribution is 9.10. The molecule has 2 aromatic carbocycles. The summed E-state index contributed by atoms with van der Waals surface area (Å²) in [6.45, 7) is 8.77. The third-order valence-corrected chi connectivity index (χ3v) is 7.02. The van der Waals surface area contributed by atoms with Crippen molar-refractivity contribution < 1.29 is 14.3 Å². The van der Waals surface area contributed by atoms with Crippen LogP contribution in [0, 0.1) is 5.92 Å². The molecule has 2 aliphatic heterocycles. The number of piperidine rings is 1. The van der Waals surface area contributed by atoms with Gasteiger partial charge in [-0.15, -0.1) is 0 Å². The molecule has 4 rings (SSSR count). The van der Waals surface area contributed by atoms with E-state index in [2.05, 4.69) is 43.3 Å². The van der Waals surface area contributed by atoms with Gasteiger partial charge in [0.05, 0.1) is 18.8 Å². The zero-order chi connectivity index (χ0) is 23.9. The fourth-order valence-electron chi connectivity index (χ4n) is 4.40. The van der Waals surface area contributed by atoms with Gasteiger partial charge < -0.3 is 20.3 Å². The molecule has 2 aliphatic rings. The highest BCUT2D eigenvalue weighted by Gasteiger charge is 2.22. The maximum Gasteiger partial charge on any atom is 0.255 e. The topological polar surface area (TPSA) is 73.9 Å². The molecule has 0 aromatic heterocycles. The Morgan fingerprint density at radius 1 is 1.03 bits per heavy atom. The van der Waals surface area contributed by atoms with Gasteiger partial charge >= 0.3 is 0 Å². The van der Waals surface area contributed by atoms with E-state index in [0.29, 0.717) is 29.3 Å². The van der Waals surface area contributed by atoms with Gasteiger partial charge in [0.1, 0.15) is 0 Å². The minimum absolute atomic E-state index is 0.111. The number of nitrogens with zero attached hydrogens (tertiary/aromatic N) is 2. The normalized spacial score (nSPS) is 17.4. The van der Waals surface area contributed by atoms with Crippen molar-refractivity contribution >= 4 is 39.1 Å². The maximum absolute atomic E-state index is 13.3. The van der Waals surface area contributed by atoms with Crippen molar-refractivity contribution in [2.24, 2.45) is 5.92 Å². The van der Waals surface area contributed by atoms with Gasteiger partial charge in [-0.1, -0.05) is 28.9 Å². The third kappa shape index (κ3) is 6.58. The lowest BCUT2D eigenvalue weighted by Gasteiger charge is -2.33. The number of benzene rings is 2. The number of nitrogens with one attached hydrogen (secondary N) is 2. The van der Waals surface area contributed by atoms with Crippen LogP contribution >= 0.6 is 15.9 Å². The first-order chi connectivity index (χ1) is 16.5. The van der Waals surface area contributed by atoms with Crippen LogP contribution in [0.1, 0.15) is 40.5 Å². The minimum atomic E-state index is -0.209. The van der Waals surface area contributed by atoms with Crippen LogP contribution in [-0.4, -0.2) is 69.2 Å². The Morgan fingerprint density at radius 2 is 1.79 bits per heavy atom. The molecular formula is C26H33BrN4O3.